The zero-order valence-corrected chi connectivity index (χ0v) is 11.9. The predicted molar refractivity (Wildman–Crippen MR) is 70.3 cm³/mol. The van der Waals surface area contributed by atoms with E-state index in [1.54, 1.807) is 0 Å². The van der Waals surface area contributed by atoms with Gasteiger partial charge in [-0.2, -0.15) is 11.8 Å². The molecule has 1 aliphatic heterocycles. The highest BCUT2D eigenvalue weighted by Gasteiger charge is 2.31. The van der Waals surface area contributed by atoms with Crippen LogP contribution in [-0.2, 0) is 19.6 Å². The van der Waals surface area contributed by atoms with E-state index >= 15 is 0 Å². The third-order valence-corrected chi connectivity index (χ3v) is 5.43. The molecule has 0 aliphatic carbocycles. The second-order valence-corrected chi connectivity index (χ2v) is 7.12. The highest BCUT2D eigenvalue weighted by atomic mass is 32.2. The van der Waals surface area contributed by atoms with Gasteiger partial charge in [-0.3, -0.25) is 4.79 Å². The highest BCUT2D eigenvalue weighted by Crippen LogP contribution is 2.16. The van der Waals surface area contributed by atoms with E-state index in [2.05, 4.69) is 4.72 Å². The Morgan fingerprint density at radius 2 is 2.11 bits per heavy atom. The summed E-state index contributed by atoms with van der Waals surface area (Å²) in [6.45, 7) is 0.822. The van der Waals surface area contributed by atoms with Gasteiger partial charge in [0, 0.05) is 13.2 Å². The van der Waals surface area contributed by atoms with Crippen LogP contribution in [0.15, 0.2) is 0 Å². The number of carboxylic acid groups (broad SMARTS) is 1. The molecule has 0 unspecified atom stereocenters. The fraction of sp³-hybridized carbons (Fsp3) is 0.900. The average molecular weight is 297 g/mol. The predicted octanol–water partition coefficient (Wildman–Crippen LogP) is 0.291. The monoisotopic (exact) mass is 297 g/mol. The van der Waals surface area contributed by atoms with Crippen molar-refractivity contribution in [1.29, 1.82) is 0 Å². The van der Waals surface area contributed by atoms with Crippen molar-refractivity contribution in [3.8, 4) is 0 Å². The average Bonchev–Trinajstić information content (AvgIpc) is 2.35. The molecule has 0 amide bonds. The first kappa shape index (κ1) is 15.7. The lowest BCUT2D eigenvalue weighted by Crippen LogP contribution is -2.46. The van der Waals surface area contributed by atoms with E-state index in [0.717, 1.165) is 0 Å². The Balaban J connectivity index is 2.62. The maximum atomic E-state index is 12.0. The molecule has 1 aliphatic rings. The van der Waals surface area contributed by atoms with Crippen molar-refractivity contribution in [2.45, 2.75) is 30.6 Å². The summed E-state index contributed by atoms with van der Waals surface area (Å²) < 4.78 is 31.5. The van der Waals surface area contributed by atoms with Gasteiger partial charge < -0.3 is 9.84 Å². The van der Waals surface area contributed by atoms with E-state index in [1.807, 2.05) is 6.26 Å². The van der Waals surface area contributed by atoms with Gasteiger partial charge in [0.25, 0.3) is 0 Å². The maximum absolute atomic E-state index is 12.0. The van der Waals surface area contributed by atoms with Crippen LogP contribution in [0.1, 0.15) is 19.3 Å². The van der Waals surface area contributed by atoms with Crippen LogP contribution >= 0.6 is 11.8 Å². The molecule has 0 aromatic rings. The van der Waals surface area contributed by atoms with E-state index < -0.39 is 27.3 Å². The normalized spacial score (nSPS) is 19.6. The second-order valence-electron chi connectivity index (χ2n) is 4.15. The van der Waals surface area contributed by atoms with Crippen molar-refractivity contribution in [2.75, 3.05) is 25.2 Å². The lowest BCUT2D eigenvalue weighted by Gasteiger charge is -2.24. The molecule has 0 radical (unpaired) electrons. The highest BCUT2D eigenvalue weighted by molar-refractivity contribution is 7.98. The van der Waals surface area contributed by atoms with Gasteiger partial charge in [-0.1, -0.05) is 0 Å². The van der Waals surface area contributed by atoms with Crippen molar-refractivity contribution < 1.29 is 23.1 Å². The molecule has 8 heteroatoms. The Labute approximate surface area is 112 Å². The second kappa shape index (κ2) is 7.32. The summed E-state index contributed by atoms with van der Waals surface area (Å²) in [6.07, 6.45) is 2.99. The van der Waals surface area contributed by atoms with Crippen LogP contribution in [0.25, 0.3) is 0 Å². The van der Waals surface area contributed by atoms with Crippen molar-refractivity contribution in [3.05, 3.63) is 0 Å². The summed E-state index contributed by atoms with van der Waals surface area (Å²) in [5.41, 5.74) is 0. The third kappa shape index (κ3) is 4.75. The van der Waals surface area contributed by atoms with Gasteiger partial charge in [0.15, 0.2) is 0 Å². The zero-order valence-electron chi connectivity index (χ0n) is 10.3. The van der Waals surface area contributed by atoms with Gasteiger partial charge in [-0.25, -0.2) is 13.1 Å². The standard InChI is InChI=1S/C10H19NO5S2/c1-17-7-4-9(10(12)13)11-18(14,15)8-2-5-16-6-3-8/h8-9,11H,2-7H2,1H3,(H,12,13)/t9-/m1/s1. The molecule has 1 fully saturated rings. The number of ether oxygens (including phenoxy) is 1. The Morgan fingerprint density at radius 1 is 1.50 bits per heavy atom. The van der Waals surface area contributed by atoms with Crippen LogP contribution in [0.2, 0.25) is 0 Å². The lowest BCUT2D eigenvalue weighted by molar-refractivity contribution is -0.139. The van der Waals surface area contributed by atoms with Crippen LogP contribution in [0.3, 0.4) is 0 Å². The number of carboxylic acids is 1. The Bertz CT molecular complexity index is 364. The molecule has 0 aromatic carbocycles. The van der Waals surface area contributed by atoms with E-state index in [9.17, 15) is 13.2 Å². The first-order valence-corrected chi connectivity index (χ1v) is 8.72. The van der Waals surface area contributed by atoms with Crippen LogP contribution < -0.4 is 4.72 Å². The summed E-state index contributed by atoms with van der Waals surface area (Å²) in [5.74, 6) is -0.521. The first-order valence-electron chi connectivity index (χ1n) is 5.78. The molecule has 0 bridgehead atoms. The van der Waals surface area contributed by atoms with Crippen LogP contribution in [0.5, 0.6) is 0 Å². The minimum absolute atomic E-state index is 0.291. The lowest BCUT2D eigenvalue weighted by atomic mass is 10.2. The van der Waals surface area contributed by atoms with Gasteiger partial charge in [0.2, 0.25) is 10.0 Å². The molecular weight excluding hydrogens is 278 g/mol. The number of sulfonamides is 1. The fourth-order valence-corrected chi connectivity index (χ4v) is 3.84. The molecule has 0 spiro atoms. The molecular formula is C10H19NO5S2. The van der Waals surface area contributed by atoms with Gasteiger partial charge in [0.1, 0.15) is 6.04 Å². The first-order chi connectivity index (χ1) is 8.47. The number of nitrogens with one attached hydrogen (secondary N) is 1. The molecule has 0 aromatic heterocycles. The smallest absolute Gasteiger partial charge is 0.321 e. The minimum Gasteiger partial charge on any atom is -0.480 e. The number of hydrogen-bond acceptors (Lipinski definition) is 5. The molecule has 0 saturated carbocycles. The van der Waals surface area contributed by atoms with Crippen molar-refractivity contribution in [3.63, 3.8) is 0 Å². The molecule has 1 rings (SSSR count). The van der Waals surface area contributed by atoms with Crippen LogP contribution in [0, 0.1) is 0 Å². The number of carbonyl (C=O) groups is 1. The van der Waals surface area contributed by atoms with E-state index in [0.29, 0.717) is 38.2 Å². The van der Waals surface area contributed by atoms with E-state index in [1.165, 1.54) is 11.8 Å². The summed E-state index contributed by atoms with van der Waals surface area (Å²) in [5, 5.41) is 8.46. The summed E-state index contributed by atoms with van der Waals surface area (Å²) in [4.78, 5) is 11.0. The van der Waals surface area contributed by atoms with Gasteiger partial charge in [0.05, 0.1) is 5.25 Å². The van der Waals surface area contributed by atoms with Gasteiger partial charge in [-0.15, -0.1) is 0 Å². The van der Waals surface area contributed by atoms with Gasteiger partial charge >= 0.3 is 5.97 Å². The molecule has 18 heavy (non-hydrogen) atoms. The molecule has 106 valence electrons. The molecule has 1 saturated heterocycles. The van der Waals surface area contributed by atoms with Gasteiger partial charge in [-0.05, 0) is 31.3 Å². The van der Waals surface area contributed by atoms with E-state index in [-0.39, 0.29) is 0 Å². The zero-order chi connectivity index (χ0) is 13.6. The van der Waals surface area contributed by atoms with Crippen LogP contribution in [0.4, 0.5) is 0 Å². The summed E-state index contributed by atoms with van der Waals surface area (Å²) in [7, 11) is -3.58. The Morgan fingerprint density at radius 3 is 2.61 bits per heavy atom. The largest absolute Gasteiger partial charge is 0.480 e. The number of thioether (sulfide) groups is 1. The van der Waals surface area contributed by atoms with Crippen molar-refractivity contribution in [1.82, 2.24) is 4.72 Å². The van der Waals surface area contributed by atoms with E-state index in [4.69, 9.17) is 9.84 Å². The topological polar surface area (TPSA) is 92.7 Å². The number of rotatable bonds is 7. The molecule has 1 heterocycles. The third-order valence-electron chi connectivity index (χ3n) is 2.82. The van der Waals surface area contributed by atoms with Crippen molar-refractivity contribution in [2.24, 2.45) is 0 Å². The minimum atomic E-state index is -3.58. The number of hydrogen-bond donors (Lipinski definition) is 2. The molecule has 6 nitrogen and oxygen atoms in total. The molecule has 1 atom stereocenters. The summed E-state index contributed by atoms with van der Waals surface area (Å²) in [6, 6.07) is -1.04. The van der Waals surface area contributed by atoms with Crippen molar-refractivity contribution >= 4 is 27.8 Å². The Hall–Kier alpha value is -0.310. The molecule has 2 N–H and O–H groups in total. The SMILES string of the molecule is CSCC[C@@H](NS(=O)(=O)C1CCOCC1)C(=O)O. The fourth-order valence-electron chi connectivity index (χ4n) is 1.75. The summed E-state index contributed by atoms with van der Waals surface area (Å²) >= 11 is 1.49. The quantitative estimate of drug-likeness (QED) is 0.702. The Kier molecular flexibility index (Phi) is 6.40. The number of aliphatic carboxylic acids is 1. The maximum Gasteiger partial charge on any atom is 0.321 e. The van der Waals surface area contributed by atoms with Crippen LogP contribution in [-0.4, -0.2) is 56.0 Å².